The van der Waals surface area contributed by atoms with Crippen LogP contribution in [0.5, 0.6) is 0 Å². The van der Waals surface area contributed by atoms with E-state index in [0.29, 0.717) is 23.7 Å². The van der Waals surface area contributed by atoms with Crippen molar-refractivity contribution in [2.45, 2.75) is 13.5 Å². The molecule has 0 bridgehead atoms. The number of pyridine rings is 1. The zero-order chi connectivity index (χ0) is 13.0. The summed E-state index contributed by atoms with van der Waals surface area (Å²) in [5, 5.41) is 2.72. The van der Waals surface area contributed by atoms with Crippen LogP contribution in [0.3, 0.4) is 0 Å². The van der Waals surface area contributed by atoms with Gasteiger partial charge in [-0.25, -0.2) is 0 Å². The smallest absolute Gasteiger partial charge is 0.270 e. The molecule has 2 rings (SSSR count). The predicted molar refractivity (Wildman–Crippen MR) is 66.7 cm³/mol. The molecule has 0 spiro atoms. The van der Waals surface area contributed by atoms with Crippen LogP contribution in [0.4, 0.5) is 5.69 Å². The van der Waals surface area contributed by atoms with Crippen molar-refractivity contribution in [1.82, 2.24) is 10.3 Å². The number of nitrogen functional groups attached to an aromatic ring is 1. The Morgan fingerprint density at radius 2 is 2.28 bits per heavy atom. The SMILES string of the molecule is Cc1ccc(CNC(=O)c2cc(NN)ccn2)o1. The molecule has 0 aliphatic rings. The third-order valence-corrected chi connectivity index (χ3v) is 2.38. The highest BCUT2D eigenvalue weighted by molar-refractivity contribution is 5.92. The maximum absolute atomic E-state index is 11.8. The van der Waals surface area contributed by atoms with Gasteiger partial charge < -0.3 is 15.2 Å². The van der Waals surface area contributed by atoms with Crippen LogP contribution in [0, 0.1) is 6.92 Å². The number of aryl methyl sites for hydroxylation is 1. The molecule has 6 heteroatoms. The van der Waals surface area contributed by atoms with Crippen LogP contribution < -0.4 is 16.6 Å². The largest absolute Gasteiger partial charge is 0.465 e. The van der Waals surface area contributed by atoms with E-state index in [-0.39, 0.29) is 5.91 Å². The minimum Gasteiger partial charge on any atom is -0.465 e. The number of nitrogens with two attached hydrogens (primary N) is 1. The van der Waals surface area contributed by atoms with Gasteiger partial charge in [-0.3, -0.25) is 15.6 Å². The van der Waals surface area contributed by atoms with Gasteiger partial charge in [0.05, 0.1) is 12.2 Å². The lowest BCUT2D eigenvalue weighted by Crippen LogP contribution is -2.23. The van der Waals surface area contributed by atoms with Crippen LogP contribution in [0.15, 0.2) is 34.9 Å². The first kappa shape index (κ1) is 12.1. The Morgan fingerprint density at radius 1 is 1.44 bits per heavy atom. The molecule has 4 N–H and O–H groups in total. The summed E-state index contributed by atoms with van der Waals surface area (Å²) in [4.78, 5) is 15.8. The lowest BCUT2D eigenvalue weighted by molar-refractivity contribution is 0.0943. The van der Waals surface area contributed by atoms with Gasteiger partial charge in [-0.15, -0.1) is 0 Å². The van der Waals surface area contributed by atoms with Crippen LogP contribution in [0.2, 0.25) is 0 Å². The second-order valence-corrected chi connectivity index (χ2v) is 3.77. The zero-order valence-electron chi connectivity index (χ0n) is 9.93. The third-order valence-electron chi connectivity index (χ3n) is 2.38. The van der Waals surface area contributed by atoms with Gasteiger partial charge in [0.15, 0.2) is 0 Å². The second-order valence-electron chi connectivity index (χ2n) is 3.77. The van der Waals surface area contributed by atoms with E-state index in [1.165, 1.54) is 6.20 Å². The number of amides is 1. The summed E-state index contributed by atoms with van der Waals surface area (Å²) in [5.41, 5.74) is 3.39. The van der Waals surface area contributed by atoms with Gasteiger partial charge in [-0.05, 0) is 31.2 Å². The molecule has 0 fully saturated rings. The van der Waals surface area contributed by atoms with Crippen LogP contribution in [-0.4, -0.2) is 10.9 Å². The standard InChI is InChI=1S/C12H14N4O2/c1-8-2-3-10(18-8)7-15-12(17)11-6-9(16-13)4-5-14-11/h2-6H,7,13H2,1H3,(H,14,16)(H,15,17). The van der Waals surface area contributed by atoms with E-state index in [1.807, 2.05) is 19.1 Å². The molecule has 18 heavy (non-hydrogen) atoms. The van der Waals surface area contributed by atoms with Crippen molar-refractivity contribution in [3.05, 3.63) is 47.7 Å². The third kappa shape index (κ3) is 2.86. The molecule has 0 atom stereocenters. The van der Waals surface area contributed by atoms with Crippen LogP contribution in [-0.2, 0) is 6.54 Å². The maximum atomic E-state index is 11.8. The van der Waals surface area contributed by atoms with Gasteiger partial charge in [-0.2, -0.15) is 0 Å². The summed E-state index contributed by atoms with van der Waals surface area (Å²) < 4.78 is 5.35. The van der Waals surface area contributed by atoms with Crippen molar-refractivity contribution in [3.63, 3.8) is 0 Å². The zero-order valence-corrected chi connectivity index (χ0v) is 9.93. The predicted octanol–water partition coefficient (Wildman–Crippen LogP) is 1.20. The molecule has 0 unspecified atom stereocenters. The summed E-state index contributed by atoms with van der Waals surface area (Å²) in [6.45, 7) is 2.18. The molecule has 0 saturated carbocycles. The lowest BCUT2D eigenvalue weighted by Gasteiger charge is -2.04. The summed E-state index contributed by atoms with van der Waals surface area (Å²) in [7, 11) is 0. The Labute approximate surface area is 104 Å². The van der Waals surface area contributed by atoms with E-state index < -0.39 is 0 Å². The van der Waals surface area contributed by atoms with Crippen molar-refractivity contribution >= 4 is 11.6 Å². The van der Waals surface area contributed by atoms with Gasteiger partial charge in [-0.1, -0.05) is 0 Å². The average Bonchev–Trinajstić information content (AvgIpc) is 2.82. The molecule has 1 amide bonds. The van der Waals surface area contributed by atoms with E-state index in [0.717, 1.165) is 5.76 Å². The molecule has 0 aliphatic carbocycles. The van der Waals surface area contributed by atoms with Crippen LogP contribution >= 0.6 is 0 Å². The van der Waals surface area contributed by atoms with E-state index in [9.17, 15) is 4.79 Å². The van der Waals surface area contributed by atoms with Gasteiger partial charge in [0.2, 0.25) is 0 Å². The molecular weight excluding hydrogens is 232 g/mol. The number of rotatable bonds is 4. The first-order chi connectivity index (χ1) is 8.69. The molecule has 0 aliphatic heterocycles. The summed E-state index contributed by atoms with van der Waals surface area (Å²) in [6, 6.07) is 6.91. The number of hydrazine groups is 1. The highest BCUT2D eigenvalue weighted by Crippen LogP contribution is 2.08. The van der Waals surface area contributed by atoms with Crippen molar-refractivity contribution in [1.29, 1.82) is 0 Å². The molecule has 6 nitrogen and oxygen atoms in total. The van der Waals surface area contributed by atoms with Crippen molar-refractivity contribution in [2.75, 3.05) is 5.43 Å². The second kappa shape index (κ2) is 5.33. The van der Waals surface area contributed by atoms with E-state index in [4.69, 9.17) is 10.3 Å². The molecule has 0 aromatic carbocycles. The number of hydrogen-bond donors (Lipinski definition) is 3. The van der Waals surface area contributed by atoms with Crippen molar-refractivity contribution < 1.29 is 9.21 Å². The van der Waals surface area contributed by atoms with Crippen molar-refractivity contribution in [3.8, 4) is 0 Å². The van der Waals surface area contributed by atoms with Crippen LogP contribution in [0.25, 0.3) is 0 Å². The lowest BCUT2D eigenvalue weighted by atomic mass is 10.3. The average molecular weight is 246 g/mol. The highest BCUT2D eigenvalue weighted by Gasteiger charge is 2.08. The topological polar surface area (TPSA) is 93.2 Å². The van der Waals surface area contributed by atoms with Crippen molar-refractivity contribution in [2.24, 2.45) is 5.84 Å². The van der Waals surface area contributed by atoms with Gasteiger partial charge in [0.1, 0.15) is 17.2 Å². The molecule has 2 aromatic rings. The molecule has 94 valence electrons. The quantitative estimate of drug-likeness (QED) is 0.556. The van der Waals surface area contributed by atoms with Gasteiger partial charge >= 0.3 is 0 Å². The number of nitrogens with zero attached hydrogens (tertiary/aromatic N) is 1. The fourth-order valence-corrected chi connectivity index (χ4v) is 1.48. The first-order valence-corrected chi connectivity index (χ1v) is 5.45. The first-order valence-electron chi connectivity index (χ1n) is 5.45. The minimum atomic E-state index is -0.277. The van der Waals surface area contributed by atoms with Crippen LogP contribution in [0.1, 0.15) is 22.0 Å². The molecular formula is C12H14N4O2. The monoisotopic (exact) mass is 246 g/mol. The Morgan fingerprint density at radius 3 is 2.94 bits per heavy atom. The number of anilines is 1. The number of furan rings is 1. The Hall–Kier alpha value is -2.34. The number of carbonyl (C=O) groups excluding carboxylic acids is 1. The molecule has 2 heterocycles. The number of carbonyl (C=O) groups is 1. The summed E-state index contributed by atoms with van der Waals surface area (Å²) >= 11 is 0. The maximum Gasteiger partial charge on any atom is 0.270 e. The minimum absolute atomic E-state index is 0.277. The Bertz CT molecular complexity index is 551. The van der Waals surface area contributed by atoms with E-state index in [1.54, 1.807) is 12.1 Å². The normalized spacial score (nSPS) is 10.1. The summed E-state index contributed by atoms with van der Waals surface area (Å²) in [6.07, 6.45) is 1.52. The van der Waals surface area contributed by atoms with Gasteiger partial charge in [0.25, 0.3) is 5.91 Å². The number of hydrogen-bond acceptors (Lipinski definition) is 5. The molecule has 0 saturated heterocycles. The number of nitrogens with one attached hydrogen (secondary N) is 2. The van der Waals surface area contributed by atoms with Gasteiger partial charge in [0, 0.05) is 6.20 Å². The fourth-order valence-electron chi connectivity index (χ4n) is 1.48. The Kier molecular flexibility index (Phi) is 3.59. The molecule has 0 radical (unpaired) electrons. The fraction of sp³-hybridized carbons (Fsp3) is 0.167. The molecule has 2 aromatic heterocycles. The van der Waals surface area contributed by atoms with E-state index in [2.05, 4.69) is 15.7 Å². The highest BCUT2D eigenvalue weighted by atomic mass is 16.3. The Balaban J connectivity index is 1.99. The number of aromatic nitrogens is 1. The summed E-state index contributed by atoms with van der Waals surface area (Å²) in [5.74, 6) is 6.50. The van der Waals surface area contributed by atoms with E-state index >= 15 is 0 Å².